The summed E-state index contributed by atoms with van der Waals surface area (Å²) >= 11 is 0. The van der Waals surface area contributed by atoms with Crippen molar-refractivity contribution in [2.45, 2.75) is 114 Å². The Balaban J connectivity index is -0.0000000356. The topological polar surface area (TPSA) is 0 Å². The first-order valence-corrected chi connectivity index (χ1v) is 8.07. The van der Waals surface area contributed by atoms with Gasteiger partial charge in [0.1, 0.15) is 0 Å². The Kier molecular flexibility index (Phi) is 131. The number of rotatable bonds is 2. The van der Waals surface area contributed by atoms with Gasteiger partial charge in [0.15, 0.2) is 0 Å². The zero-order valence-corrected chi connectivity index (χ0v) is 14.9. The van der Waals surface area contributed by atoms with Crippen molar-refractivity contribution in [2.75, 3.05) is 0 Å². The molecule has 0 nitrogen and oxygen atoms in total. The van der Waals surface area contributed by atoms with Gasteiger partial charge >= 0.3 is 0 Å². The summed E-state index contributed by atoms with van der Waals surface area (Å²) < 4.78 is 0. The van der Waals surface area contributed by atoms with E-state index in [0.717, 1.165) is 0 Å². The molecule has 0 radical (unpaired) electrons. The minimum Gasteiger partial charge on any atom is -0.0656 e. The fraction of sp³-hybridized carbons (Fsp3) is 1.00. The van der Waals surface area contributed by atoms with Gasteiger partial charge in [-0.1, -0.05) is 114 Å². The van der Waals surface area contributed by atoms with Gasteiger partial charge in [0.25, 0.3) is 0 Å². The molecule has 0 aromatic heterocycles. The number of hydrogen-bond donors (Lipinski definition) is 0. The molecule has 0 fully saturated rings. The van der Waals surface area contributed by atoms with E-state index in [0.29, 0.717) is 0 Å². The smallest absolute Gasteiger partial charge is 0.0564 e. The Bertz CT molecular complexity index is 26.5. The molecule has 0 N–H and O–H groups in total. The van der Waals surface area contributed by atoms with Crippen LogP contribution in [0.2, 0.25) is 0 Å². The highest BCUT2D eigenvalue weighted by Gasteiger charge is 1.56. The zero-order valence-electron chi connectivity index (χ0n) is 14.9. The van der Waals surface area contributed by atoms with Crippen molar-refractivity contribution in [1.82, 2.24) is 0 Å². The highest BCUT2D eigenvalue weighted by molar-refractivity contribution is 4.13. The highest BCUT2D eigenvalue weighted by Crippen LogP contribution is 1.77. The van der Waals surface area contributed by atoms with Crippen molar-refractivity contribution >= 4 is 0 Å². The standard InChI is InChI=1S/2C4H10.3C3H8/c2*1-3-4-2;3*1-3-2/h2*3-4H2,1-2H3;3*3H2,1-2H3. The Morgan fingerprint density at radius 1 is 0.294 bits per heavy atom. The van der Waals surface area contributed by atoms with Crippen LogP contribution in [0.4, 0.5) is 0 Å². The van der Waals surface area contributed by atoms with Crippen LogP contribution in [0.3, 0.4) is 0 Å². The van der Waals surface area contributed by atoms with Crippen molar-refractivity contribution in [3.8, 4) is 0 Å². The second-order valence-electron chi connectivity index (χ2n) is 4.12. The summed E-state index contributed by atoms with van der Waals surface area (Å²) in [7, 11) is 0. The van der Waals surface area contributed by atoms with Crippen LogP contribution >= 0.6 is 0 Å². The third-order valence-electron chi connectivity index (χ3n) is 1.000. The maximum absolute atomic E-state index is 2.18. The molecule has 0 heteroatoms. The molecule has 0 aliphatic rings. The van der Waals surface area contributed by atoms with Gasteiger partial charge in [-0.3, -0.25) is 0 Å². The first-order chi connectivity index (χ1) is 8.07. The van der Waals surface area contributed by atoms with Crippen LogP contribution < -0.4 is 0 Å². The molecule has 0 aliphatic carbocycles. The molecule has 0 spiro atoms. The summed E-state index contributed by atoms with van der Waals surface area (Å²) in [5.41, 5.74) is 0. The maximum atomic E-state index is 2.18. The summed E-state index contributed by atoms with van der Waals surface area (Å²) in [6.07, 6.45) is 9.03. The molecule has 0 bridgehead atoms. The van der Waals surface area contributed by atoms with E-state index in [4.69, 9.17) is 0 Å². The largest absolute Gasteiger partial charge is 0.0656 e. The number of hydrogen-bond acceptors (Lipinski definition) is 0. The minimum atomic E-state index is 1.25. The Morgan fingerprint density at radius 2 is 0.353 bits per heavy atom. The Labute approximate surface area is 115 Å². The van der Waals surface area contributed by atoms with Crippen LogP contribution in [0.1, 0.15) is 114 Å². The average molecular weight is 249 g/mol. The van der Waals surface area contributed by atoms with Crippen LogP contribution in [0.15, 0.2) is 0 Å². The fourth-order valence-electron chi connectivity index (χ4n) is 0. The molecule has 0 saturated carbocycles. The Morgan fingerprint density at radius 3 is 0.353 bits per heavy atom. The van der Waals surface area contributed by atoms with Gasteiger partial charge in [-0.15, -0.1) is 0 Å². The average Bonchev–Trinajstić information content (AvgIpc) is 2.32. The van der Waals surface area contributed by atoms with Crippen molar-refractivity contribution in [3.05, 3.63) is 0 Å². The predicted molar refractivity (Wildman–Crippen MR) is 89.1 cm³/mol. The maximum Gasteiger partial charge on any atom is -0.0564 e. The molecule has 112 valence electrons. The van der Waals surface area contributed by atoms with Crippen molar-refractivity contribution < 1.29 is 0 Å². The third-order valence-corrected chi connectivity index (χ3v) is 1.000. The lowest BCUT2D eigenvalue weighted by atomic mass is 10.4. The molecule has 0 atom stereocenters. The lowest BCUT2D eigenvalue weighted by Crippen LogP contribution is -1.47. The lowest BCUT2D eigenvalue weighted by Gasteiger charge is -1.68. The van der Waals surface area contributed by atoms with Gasteiger partial charge in [0.05, 0.1) is 0 Å². The van der Waals surface area contributed by atoms with E-state index in [2.05, 4.69) is 69.2 Å². The van der Waals surface area contributed by atoms with Crippen LogP contribution in [-0.2, 0) is 0 Å². The van der Waals surface area contributed by atoms with Gasteiger partial charge in [-0.2, -0.15) is 0 Å². The summed E-state index contributed by atoms with van der Waals surface area (Å²) in [6.45, 7) is 21.5. The molecule has 0 aromatic rings. The lowest BCUT2D eigenvalue weighted by molar-refractivity contribution is 0.886. The summed E-state index contributed by atoms with van der Waals surface area (Å²) in [6, 6.07) is 0. The van der Waals surface area contributed by atoms with Gasteiger partial charge in [-0.25, -0.2) is 0 Å². The summed E-state index contributed by atoms with van der Waals surface area (Å²) in [5.74, 6) is 0. The molecule has 0 amide bonds. The third kappa shape index (κ3) is 784. The van der Waals surface area contributed by atoms with E-state index in [1.54, 1.807) is 0 Å². The van der Waals surface area contributed by atoms with Crippen molar-refractivity contribution in [3.63, 3.8) is 0 Å². The van der Waals surface area contributed by atoms with E-state index in [1.165, 1.54) is 44.9 Å². The molecule has 0 aliphatic heterocycles. The molecular weight excluding hydrogens is 204 g/mol. The van der Waals surface area contributed by atoms with E-state index in [1.807, 2.05) is 0 Å². The normalized spacial score (nSPS) is 6.71. The van der Waals surface area contributed by atoms with Crippen LogP contribution in [0.5, 0.6) is 0 Å². The molecule has 0 heterocycles. The minimum absolute atomic E-state index is 1.25. The summed E-state index contributed by atoms with van der Waals surface area (Å²) in [5, 5.41) is 0. The van der Waals surface area contributed by atoms with Crippen molar-refractivity contribution in [1.29, 1.82) is 0 Å². The highest BCUT2D eigenvalue weighted by atomic mass is 13.6. The van der Waals surface area contributed by atoms with Gasteiger partial charge < -0.3 is 0 Å². The Hall–Kier alpha value is 0. The van der Waals surface area contributed by atoms with Crippen LogP contribution in [0.25, 0.3) is 0 Å². The van der Waals surface area contributed by atoms with E-state index in [-0.39, 0.29) is 0 Å². The monoisotopic (exact) mass is 248 g/mol. The van der Waals surface area contributed by atoms with E-state index in [9.17, 15) is 0 Å². The molecule has 0 unspecified atom stereocenters. The first kappa shape index (κ1) is 30.2. The molecular formula is C17H44. The SMILES string of the molecule is CCC.CCC.CCC.CCCC.CCCC. The molecule has 17 heavy (non-hydrogen) atoms. The van der Waals surface area contributed by atoms with E-state index >= 15 is 0 Å². The summed E-state index contributed by atoms with van der Waals surface area (Å²) in [4.78, 5) is 0. The number of unbranched alkanes of at least 4 members (excludes halogenated alkanes) is 2. The second-order valence-corrected chi connectivity index (χ2v) is 4.12. The molecule has 0 saturated heterocycles. The predicted octanol–water partition coefficient (Wildman–Crippen LogP) is 7.86. The zero-order chi connectivity index (χ0) is 14.9. The molecule has 0 rings (SSSR count). The van der Waals surface area contributed by atoms with Crippen LogP contribution in [0, 0.1) is 0 Å². The first-order valence-electron chi connectivity index (χ1n) is 8.07. The quantitative estimate of drug-likeness (QED) is 0.466. The van der Waals surface area contributed by atoms with Crippen LogP contribution in [-0.4, -0.2) is 0 Å². The van der Waals surface area contributed by atoms with Gasteiger partial charge in [-0.05, 0) is 0 Å². The fourth-order valence-corrected chi connectivity index (χ4v) is 0. The van der Waals surface area contributed by atoms with Crippen molar-refractivity contribution in [2.24, 2.45) is 0 Å². The van der Waals surface area contributed by atoms with Gasteiger partial charge in [0.2, 0.25) is 0 Å². The molecule has 0 aromatic carbocycles. The second kappa shape index (κ2) is 73.5. The van der Waals surface area contributed by atoms with Gasteiger partial charge in [0, 0.05) is 0 Å². The van der Waals surface area contributed by atoms with E-state index < -0.39 is 0 Å².